The number of morpholine rings is 1. The number of thiazole rings is 1. The van der Waals surface area contributed by atoms with Gasteiger partial charge in [0.2, 0.25) is 0 Å². The van der Waals surface area contributed by atoms with Gasteiger partial charge in [-0.1, -0.05) is 6.92 Å². The maximum Gasteiger partial charge on any atom is 0.253 e. The number of nitrogens with zero attached hydrogens (tertiary/aromatic N) is 2. The fourth-order valence-electron chi connectivity index (χ4n) is 1.84. The average Bonchev–Trinajstić information content (AvgIpc) is 2.86. The molecule has 1 amide bonds. The molecule has 1 saturated heterocycles. The third-order valence-electron chi connectivity index (χ3n) is 2.90. The molecule has 0 aliphatic carbocycles. The van der Waals surface area contributed by atoms with Crippen molar-refractivity contribution in [3.05, 3.63) is 16.1 Å². The summed E-state index contributed by atoms with van der Waals surface area (Å²) in [5.74, 6) is 0.0236. The minimum atomic E-state index is -0.352. The van der Waals surface area contributed by atoms with E-state index in [2.05, 4.69) is 17.2 Å². The Balaban J connectivity index is 0.00000180. The molecule has 5 nitrogen and oxygen atoms in total. The maximum absolute atomic E-state index is 12.1. The molecule has 0 aromatic carbocycles. The van der Waals surface area contributed by atoms with Gasteiger partial charge in [0.1, 0.15) is 11.1 Å². The van der Waals surface area contributed by atoms with E-state index in [1.165, 1.54) is 4.88 Å². The number of amides is 1. The lowest BCUT2D eigenvalue weighted by Gasteiger charge is -2.26. The third kappa shape index (κ3) is 5.18. The number of hydrogen-bond acceptors (Lipinski definition) is 5. The fourth-order valence-corrected chi connectivity index (χ4v) is 2.75. The number of carbonyl (C=O) groups is 1. The van der Waals surface area contributed by atoms with Gasteiger partial charge in [-0.15, -0.1) is 36.2 Å². The molecule has 1 fully saturated rings. The van der Waals surface area contributed by atoms with Crippen LogP contribution in [0.5, 0.6) is 0 Å². The Morgan fingerprint density at radius 1 is 1.60 bits per heavy atom. The van der Waals surface area contributed by atoms with Crippen LogP contribution in [-0.4, -0.2) is 48.6 Å². The first-order valence-corrected chi connectivity index (χ1v) is 7.03. The van der Waals surface area contributed by atoms with Crippen LogP contribution in [0.1, 0.15) is 16.8 Å². The zero-order valence-electron chi connectivity index (χ0n) is 11.6. The number of halogens is 2. The Morgan fingerprint density at radius 3 is 2.90 bits per heavy atom. The van der Waals surface area contributed by atoms with Gasteiger partial charge in [0.15, 0.2) is 0 Å². The van der Waals surface area contributed by atoms with Crippen molar-refractivity contribution in [3.8, 4) is 0 Å². The van der Waals surface area contributed by atoms with Gasteiger partial charge >= 0.3 is 0 Å². The summed E-state index contributed by atoms with van der Waals surface area (Å²) >= 11 is 1.66. The van der Waals surface area contributed by atoms with Crippen LogP contribution in [0.3, 0.4) is 0 Å². The number of rotatable bonds is 4. The molecule has 2 rings (SSSR count). The van der Waals surface area contributed by atoms with Crippen LogP contribution in [0.15, 0.2) is 6.20 Å². The Labute approximate surface area is 135 Å². The van der Waals surface area contributed by atoms with Gasteiger partial charge in [0.05, 0.1) is 13.2 Å². The molecule has 1 aliphatic rings. The van der Waals surface area contributed by atoms with E-state index in [1.54, 1.807) is 23.3 Å². The SMILES string of the molecule is CCc1cnc(CN(C)C(=O)C2CNCCO2)s1.Cl.Cl. The fraction of sp³-hybridized carbons (Fsp3) is 0.667. The zero-order chi connectivity index (χ0) is 13.0. The second kappa shape index (κ2) is 9.52. The molecule has 0 radical (unpaired) electrons. The summed E-state index contributed by atoms with van der Waals surface area (Å²) in [5.41, 5.74) is 0. The van der Waals surface area contributed by atoms with Crippen LogP contribution in [-0.2, 0) is 22.5 Å². The van der Waals surface area contributed by atoms with Crippen LogP contribution in [0.25, 0.3) is 0 Å². The summed E-state index contributed by atoms with van der Waals surface area (Å²) in [6.45, 7) is 4.68. The number of likely N-dealkylation sites (N-methyl/N-ethyl adjacent to an activating group) is 1. The van der Waals surface area contributed by atoms with Gasteiger partial charge in [0.25, 0.3) is 5.91 Å². The van der Waals surface area contributed by atoms with Crippen LogP contribution in [0, 0.1) is 0 Å². The molecule has 116 valence electrons. The van der Waals surface area contributed by atoms with Crippen LogP contribution >= 0.6 is 36.2 Å². The first kappa shape index (κ1) is 19.6. The predicted octanol–water partition coefficient (Wildman–Crippen LogP) is 1.50. The van der Waals surface area contributed by atoms with E-state index in [0.717, 1.165) is 18.0 Å². The normalized spacial score (nSPS) is 17.8. The van der Waals surface area contributed by atoms with Crippen molar-refractivity contribution in [2.75, 3.05) is 26.7 Å². The van der Waals surface area contributed by atoms with E-state index < -0.39 is 0 Å². The van der Waals surface area contributed by atoms with E-state index in [0.29, 0.717) is 19.7 Å². The van der Waals surface area contributed by atoms with E-state index >= 15 is 0 Å². The van der Waals surface area contributed by atoms with Crippen molar-refractivity contribution >= 4 is 42.1 Å². The highest BCUT2D eigenvalue weighted by Crippen LogP contribution is 2.15. The van der Waals surface area contributed by atoms with Gasteiger partial charge in [-0.3, -0.25) is 4.79 Å². The molecular formula is C12H21Cl2N3O2S. The second-order valence-corrected chi connectivity index (χ2v) is 5.53. The van der Waals surface area contributed by atoms with Gasteiger partial charge in [-0.05, 0) is 6.42 Å². The van der Waals surface area contributed by atoms with Crippen LogP contribution < -0.4 is 5.32 Å². The summed E-state index contributed by atoms with van der Waals surface area (Å²) in [7, 11) is 1.80. The van der Waals surface area contributed by atoms with E-state index in [-0.39, 0.29) is 36.8 Å². The summed E-state index contributed by atoms with van der Waals surface area (Å²) < 4.78 is 5.45. The number of nitrogens with one attached hydrogen (secondary N) is 1. The topological polar surface area (TPSA) is 54.5 Å². The standard InChI is InChI=1S/C12H19N3O2S.2ClH/c1-3-9-6-14-11(18-9)8-15(2)12(16)10-7-13-4-5-17-10;;/h6,10,13H,3-5,7-8H2,1-2H3;2*1H. The first-order chi connectivity index (χ1) is 8.70. The molecule has 1 unspecified atom stereocenters. The highest BCUT2D eigenvalue weighted by Gasteiger charge is 2.25. The van der Waals surface area contributed by atoms with E-state index in [4.69, 9.17) is 4.74 Å². The zero-order valence-corrected chi connectivity index (χ0v) is 14.1. The third-order valence-corrected chi connectivity index (χ3v) is 4.03. The lowest BCUT2D eigenvalue weighted by molar-refractivity contribution is -0.144. The Morgan fingerprint density at radius 2 is 2.35 bits per heavy atom. The molecule has 0 saturated carbocycles. The molecule has 1 aromatic heterocycles. The molecule has 0 bridgehead atoms. The molecule has 1 atom stereocenters. The molecule has 8 heteroatoms. The van der Waals surface area contributed by atoms with E-state index in [9.17, 15) is 4.79 Å². The van der Waals surface area contributed by atoms with Crippen LogP contribution in [0.4, 0.5) is 0 Å². The average molecular weight is 342 g/mol. The number of carbonyl (C=O) groups excluding carboxylic acids is 1. The van der Waals surface area contributed by atoms with Crippen molar-refractivity contribution < 1.29 is 9.53 Å². The van der Waals surface area contributed by atoms with Crippen molar-refractivity contribution in [2.24, 2.45) is 0 Å². The number of hydrogen-bond donors (Lipinski definition) is 1. The first-order valence-electron chi connectivity index (χ1n) is 6.21. The van der Waals surface area contributed by atoms with Gasteiger partial charge < -0.3 is 15.0 Å². The van der Waals surface area contributed by atoms with Gasteiger partial charge in [-0.25, -0.2) is 4.98 Å². The lowest BCUT2D eigenvalue weighted by atomic mass is 10.2. The quantitative estimate of drug-likeness (QED) is 0.901. The van der Waals surface area contributed by atoms with Crippen molar-refractivity contribution in [2.45, 2.75) is 26.0 Å². The molecule has 2 heterocycles. The molecule has 1 aliphatic heterocycles. The Bertz CT molecular complexity index is 411. The van der Waals surface area contributed by atoms with E-state index in [1.807, 2.05) is 6.20 Å². The van der Waals surface area contributed by atoms with Crippen molar-refractivity contribution in [1.29, 1.82) is 0 Å². The highest BCUT2D eigenvalue weighted by molar-refractivity contribution is 7.11. The molecular weight excluding hydrogens is 321 g/mol. The molecule has 20 heavy (non-hydrogen) atoms. The summed E-state index contributed by atoms with van der Waals surface area (Å²) in [4.78, 5) is 19.4. The smallest absolute Gasteiger partial charge is 0.253 e. The summed E-state index contributed by atoms with van der Waals surface area (Å²) in [5, 5.41) is 4.14. The lowest BCUT2D eigenvalue weighted by Crippen LogP contribution is -2.48. The molecule has 1 N–H and O–H groups in total. The van der Waals surface area contributed by atoms with Gasteiger partial charge in [0, 0.05) is 31.2 Å². The Kier molecular flexibility index (Phi) is 9.33. The minimum Gasteiger partial charge on any atom is -0.366 e. The second-order valence-electron chi connectivity index (χ2n) is 4.33. The number of ether oxygens (including phenoxy) is 1. The summed E-state index contributed by atoms with van der Waals surface area (Å²) in [6, 6.07) is 0. The molecule has 1 aromatic rings. The monoisotopic (exact) mass is 341 g/mol. The predicted molar refractivity (Wildman–Crippen MR) is 85.1 cm³/mol. The summed E-state index contributed by atoms with van der Waals surface area (Å²) in [6.07, 6.45) is 2.52. The highest BCUT2D eigenvalue weighted by atomic mass is 35.5. The Hall–Kier alpha value is -0.400. The largest absolute Gasteiger partial charge is 0.366 e. The minimum absolute atomic E-state index is 0. The van der Waals surface area contributed by atoms with Gasteiger partial charge in [-0.2, -0.15) is 0 Å². The maximum atomic E-state index is 12.1. The van der Waals surface area contributed by atoms with Crippen LogP contribution in [0.2, 0.25) is 0 Å². The van der Waals surface area contributed by atoms with Crippen molar-refractivity contribution in [1.82, 2.24) is 15.2 Å². The number of aryl methyl sites for hydroxylation is 1. The molecule has 0 spiro atoms. The number of aromatic nitrogens is 1. The van der Waals surface area contributed by atoms with Crippen molar-refractivity contribution in [3.63, 3.8) is 0 Å².